The Kier molecular flexibility index (Phi) is 9.08. The van der Waals surface area contributed by atoms with Crippen molar-refractivity contribution in [2.45, 2.75) is 59.8 Å². The van der Waals surface area contributed by atoms with Crippen LogP contribution in [0.4, 0.5) is 0 Å². The van der Waals surface area contributed by atoms with Crippen LogP contribution in [-0.4, -0.2) is 38.5 Å². The number of aryl methyl sites for hydroxylation is 2. The highest BCUT2D eigenvalue weighted by Crippen LogP contribution is 2.49. The molecule has 0 amide bonds. The average Bonchev–Trinajstić information content (AvgIpc) is 2.76. The Morgan fingerprint density at radius 1 is 0.818 bits per heavy atom. The van der Waals surface area contributed by atoms with Gasteiger partial charge in [-0.3, -0.25) is 9.59 Å². The minimum absolute atomic E-state index is 0.0241. The number of methoxy groups -OCH3 is 3. The van der Waals surface area contributed by atoms with E-state index in [-0.39, 0.29) is 16.5 Å². The molecule has 0 aliphatic carbocycles. The third-order valence-electron chi connectivity index (χ3n) is 5.77. The molecule has 2 aromatic carbocycles. The zero-order chi connectivity index (χ0) is 24.9. The monoisotopic (exact) mass is 472 g/mol. The van der Waals surface area contributed by atoms with Gasteiger partial charge in [-0.1, -0.05) is 46.2 Å². The second-order valence-electron chi connectivity index (χ2n) is 9.26. The zero-order valence-electron chi connectivity index (χ0n) is 21.4. The van der Waals surface area contributed by atoms with Crippen molar-refractivity contribution in [3.63, 3.8) is 0 Å². The molecule has 2 rings (SSSR count). The lowest BCUT2D eigenvalue weighted by atomic mass is 9.84. The second kappa shape index (κ2) is 11.2. The van der Waals surface area contributed by atoms with Crippen LogP contribution in [0, 0.1) is 13.8 Å². The zero-order valence-corrected chi connectivity index (χ0v) is 22.3. The Hall–Kier alpha value is -2.39. The van der Waals surface area contributed by atoms with Gasteiger partial charge in [0.25, 0.3) is 0 Å². The molecule has 2 aromatic rings. The lowest BCUT2D eigenvalue weighted by Gasteiger charge is -2.24. The van der Waals surface area contributed by atoms with Gasteiger partial charge >= 0.3 is 0 Å². The molecule has 0 aliphatic rings. The SMILES string of the molecule is CCCCP(C(=O)c1c(C)cc(C(C)(C)C)cc1C)C(=O)c1c(OC)cc(OC)cc1OC. The highest BCUT2D eigenvalue weighted by Gasteiger charge is 2.34. The van der Waals surface area contributed by atoms with Gasteiger partial charge in [-0.2, -0.15) is 0 Å². The summed E-state index contributed by atoms with van der Waals surface area (Å²) in [5, 5.41) is 0. The molecule has 5 nitrogen and oxygen atoms in total. The lowest BCUT2D eigenvalue weighted by Crippen LogP contribution is -2.16. The molecule has 1 atom stereocenters. The minimum atomic E-state index is -1.65. The first kappa shape index (κ1) is 26.9. The molecule has 0 N–H and O–H groups in total. The van der Waals surface area contributed by atoms with Gasteiger partial charge in [-0.25, -0.2) is 0 Å². The predicted molar refractivity (Wildman–Crippen MR) is 136 cm³/mol. The molecule has 6 heteroatoms. The smallest absolute Gasteiger partial charge is 0.199 e. The van der Waals surface area contributed by atoms with Crippen molar-refractivity contribution in [3.05, 3.63) is 52.1 Å². The highest BCUT2D eigenvalue weighted by atomic mass is 31.1. The predicted octanol–water partition coefficient (Wildman–Crippen LogP) is 6.89. The van der Waals surface area contributed by atoms with Crippen LogP contribution >= 0.6 is 7.92 Å². The van der Waals surface area contributed by atoms with E-state index in [0.717, 1.165) is 24.0 Å². The molecule has 0 aliphatic heterocycles. The van der Waals surface area contributed by atoms with Crippen LogP contribution in [0.3, 0.4) is 0 Å². The largest absolute Gasteiger partial charge is 0.496 e. The molecule has 0 bridgehead atoms. The van der Waals surface area contributed by atoms with Crippen LogP contribution < -0.4 is 14.2 Å². The van der Waals surface area contributed by atoms with E-state index in [0.29, 0.717) is 34.5 Å². The van der Waals surface area contributed by atoms with Gasteiger partial charge in [-0.05, 0) is 48.5 Å². The number of hydrogen-bond donors (Lipinski definition) is 0. The van der Waals surface area contributed by atoms with Gasteiger partial charge in [0.1, 0.15) is 22.8 Å². The summed E-state index contributed by atoms with van der Waals surface area (Å²) in [6.07, 6.45) is 2.22. The Labute approximate surface area is 199 Å². The van der Waals surface area contributed by atoms with E-state index in [1.807, 2.05) is 13.8 Å². The van der Waals surface area contributed by atoms with Gasteiger partial charge < -0.3 is 14.2 Å². The molecule has 0 heterocycles. The molecule has 180 valence electrons. The van der Waals surface area contributed by atoms with Gasteiger partial charge in [0.05, 0.1) is 21.3 Å². The minimum Gasteiger partial charge on any atom is -0.496 e. The van der Waals surface area contributed by atoms with Crippen molar-refractivity contribution in [3.8, 4) is 17.2 Å². The van der Waals surface area contributed by atoms with Crippen LogP contribution in [0.25, 0.3) is 0 Å². The number of ether oxygens (including phenoxy) is 3. The van der Waals surface area contributed by atoms with Crippen molar-refractivity contribution in [1.29, 1.82) is 0 Å². The number of rotatable bonds is 10. The number of carbonyl (C=O) groups is 2. The first-order chi connectivity index (χ1) is 15.5. The summed E-state index contributed by atoms with van der Waals surface area (Å²) in [4.78, 5) is 27.8. The van der Waals surface area contributed by atoms with E-state index < -0.39 is 7.92 Å². The molecule has 0 saturated carbocycles. The summed E-state index contributed by atoms with van der Waals surface area (Å²) in [6.45, 7) is 12.4. The van der Waals surface area contributed by atoms with Gasteiger partial charge in [0.2, 0.25) is 0 Å². The Bertz CT molecular complexity index is 972. The standard InChI is InChI=1S/C27H37O5P/c1-10-11-12-33(25(28)23-17(2)13-19(14-18(23)3)27(4,5)6)26(29)24-21(31-8)15-20(30-7)16-22(24)32-9/h13-16H,10-12H2,1-9H3. The molecule has 0 saturated heterocycles. The van der Waals surface area contributed by atoms with E-state index in [4.69, 9.17) is 14.2 Å². The fourth-order valence-corrected chi connectivity index (χ4v) is 6.17. The van der Waals surface area contributed by atoms with Crippen molar-refractivity contribution in [1.82, 2.24) is 0 Å². The first-order valence-electron chi connectivity index (χ1n) is 11.3. The quantitative estimate of drug-likeness (QED) is 0.352. The van der Waals surface area contributed by atoms with Crippen LogP contribution in [0.5, 0.6) is 17.2 Å². The van der Waals surface area contributed by atoms with E-state index in [1.165, 1.54) is 19.8 Å². The fourth-order valence-electron chi connectivity index (χ4n) is 3.83. The van der Waals surface area contributed by atoms with Crippen LogP contribution in [0.2, 0.25) is 0 Å². The Morgan fingerprint density at radius 2 is 1.30 bits per heavy atom. The average molecular weight is 473 g/mol. The summed E-state index contributed by atoms with van der Waals surface area (Å²) < 4.78 is 16.3. The molecule has 0 aromatic heterocycles. The normalized spacial score (nSPS) is 12.3. The summed E-state index contributed by atoms with van der Waals surface area (Å²) in [7, 11) is 2.90. The molecule has 0 fully saturated rings. The van der Waals surface area contributed by atoms with Crippen molar-refractivity contribution >= 4 is 19.0 Å². The van der Waals surface area contributed by atoms with Gasteiger partial charge in [-0.15, -0.1) is 0 Å². The van der Waals surface area contributed by atoms with Crippen molar-refractivity contribution in [2.24, 2.45) is 0 Å². The molecular formula is C27H37O5P. The maximum Gasteiger partial charge on any atom is 0.199 e. The molecule has 1 unspecified atom stereocenters. The van der Waals surface area contributed by atoms with Gasteiger partial charge in [0, 0.05) is 25.6 Å². The van der Waals surface area contributed by atoms with Gasteiger partial charge in [0.15, 0.2) is 11.0 Å². The van der Waals surface area contributed by atoms with E-state index in [2.05, 4.69) is 39.8 Å². The second-order valence-corrected chi connectivity index (χ2v) is 11.4. The molecule has 0 radical (unpaired) electrons. The third kappa shape index (κ3) is 5.95. The Balaban J connectivity index is 2.62. The lowest BCUT2D eigenvalue weighted by molar-refractivity contribution is 0.104. The van der Waals surface area contributed by atoms with E-state index >= 15 is 0 Å². The maximum atomic E-state index is 13.9. The summed E-state index contributed by atoms with van der Waals surface area (Å²) in [5.74, 6) is 1.22. The number of carbonyl (C=O) groups excluding carboxylic acids is 2. The molecule has 33 heavy (non-hydrogen) atoms. The van der Waals surface area contributed by atoms with E-state index in [1.54, 1.807) is 19.2 Å². The van der Waals surface area contributed by atoms with Crippen molar-refractivity contribution in [2.75, 3.05) is 27.5 Å². The highest BCUT2D eigenvalue weighted by molar-refractivity contribution is 7.90. The van der Waals surface area contributed by atoms with E-state index in [9.17, 15) is 9.59 Å². The van der Waals surface area contributed by atoms with Crippen LogP contribution in [-0.2, 0) is 5.41 Å². The fraction of sp³-hybridized carbons (Fsp3) is 0.481. The Morgan fingerprint density at radius 3 is 1.70 bits per heavy atom. The molecule has 0 spiro atoms. The first-order valence-corrected chi connectivity index (χ1v) is 12.8. The van der Waals surface area contributed by atoms with Crippen LogP contribution in [0.15, 0.2) is 24.3 Å². The molecular weight excluding hydrogens is 435 g/mol. The summed E-state index contributed by atoms with van der Waals surface area (Å²) >= 11 is 0. The summed E-state index contributed by atoms with van der Waals surface area (Å²) in [6, 6.07) is 7.46. The third-order valence-corrected chi connectivity index (χ3v) is 7.96. The number of hydrogen-bond acceptors (Lipinski definition) is 5. The van der Waals surface area contributed by atoms with Crippen molar-refractivity contribution < 1.29 is 23.8 Å². The topological polar surface area (TPSA) is 61.8 Å². The van der Waals surface area contributed by atoms with Crippen LogP contribution in [0.1, 0.15) is 77.9 Å². The number of unbranched alkanes of at least 4 members (excludes halogenated alkanes) is 1. The number of benzene rings is 2. The maximum absolute atomic E-state index is 13.9. The summed E-state index contributed by atoms with van der Waals surface area (Å²) in [5.41, 5.74) is 3.63.